The molecule has 0 aliphatic carbocycles. The fraction of sp³-hybridized carbons (Fsp3) is 0.364. The van der Waals surface area contributed by atoms with E-state index >= 15 is 0 Å². The maximum absolute atomic E-state index is 12.5. The Hall–Kier alpha value is -3.02. The number of anilines is 1. The van der Waals surface area contributed by atoms with Gasteiger partial charge in [-0.25, -0.2) is 9.59 Å². The number of ether oxygens (including phenoxy) is 1. The van der Waals surface area contributed by atoms with Gasteiger partial charge in [-0.2, -0.15) is 0 Å². The zero-order chi connectivity index (χ0) is 19.9. The first kappa shape index (κ1) is 19.7. The first-order chi connectivity index (χ1) is 13.6. The summed E-state index contributed by atoms with van der Waals surface area (Å²) >= 11 is 0. The van der Waals surface area contributed by atoms with Crippen molar-refractivity contribution >= 4 is 17.7 Å². The number of carbonyl (C=O) groups excluding carboxylic acids is 2. The molecule has 0 spiro atoms. The third-order valence-corrected chi connectivity index (χ3v) is 4.83. The molecular weight excluding hydrogens is 354 g/mol. The van der Waals surface area contributed by atoms with E-state index in [2.05, 4.69) is 16.3 Å². The minimum atomic E-state index is -0.309. The minimum absolute atomic E-state index is 0.0557. The van der Waals surface area contributed by atoms with Crippen molar-refractivity contribution in [2.75, 3.05) is 37.7 Å². The summed E-state index contributed by atoms with van der Waals surface area (Å²) in [6.45, 7) is 7.28. The SMILES string of the molecule is CCOC(=O)c1ccccc1N1CCN(C(=O)NCc2cccc(C)c2)CC1. The van der Waals surface area contributed by atoms with Gasteiger partial charge in [0.1, 0.15) is 0 Å². The standard InChI is InChI=1S/C22H27N3O3/c1-3-28-21(26)19-9-4-5-10-20(19)24-11-13-25(14-12-24)22(27)23-16-18-8-6-7-17(2)15-18/h4-10,15H,3,11-14,16H2,1-2H3,(H,23,27). The van der Waals surface area contributed by atoms with E-state index in [0.29, 0.717) is 44.9 Å². The molecule has 2 amide bonds. The summed E-state index contributed by atoms with van der Waals surface area (Å²) < 4.78 is 5.16. The van der Waals surface area contributed by atoms with Crippen LogP contribution in [0.4, 0.5) is 10.5 Å². The molecule has 1 heterocycles. The zero-order valence-corrected chi connectivity index (χ0v) is 16.5. The number of para-hydroxylation sites is 1. The smallest absolute Gasteiger partial charge is 0.340 e. The number of esters is 1. The van der Waals surface area contributed by atoms with E-state index in [9.17, 15) is 9.59 Å². The lowest BCUT2D eigenvalue weighted by molar-refractivity contribution is 0.0527. The average molecular weight is 381 g/mol. The largest absolute Gasteiger partial charge is 0.462 e. The van der Waals surface area contributed by atoms with Gasteiger partial charge in [0, 0.05) is 32.7 Å². The number of nitrogens with one attached hydrogen (secondary N) is 1. The second-order valence-corrected chi connectivity index (χ2v) is 6.86. The third-order valence-electron chi connectivity index (χ3n) is 4.83. The molecule has 0 radical (unpaired) electrons. The van der Waals surface area contributed by atoms with E-state index in [1.54, 1.807) is 13.0 Å². The van der Waals surface area contributed by atoms with Gasteiger partial charge in [0.15, 0.2) is 0 Å². The average Bonchev–Trinajstić information content (AvgIpc) is 2.72. The summed E-state index contributed by atoms with van der Waals surface area (Å²) in [6, 6.07) is 15.5. The molecule has 28 heavy (non-hydrogen) atoms. The van der Waals surface area contributed by atoms with Crippen LogP contribution >= 0.6 is 0 Å². The molecule has 0 saturated carbocycles. The lowest BCUT2D eigenvalue weighted by Gasteiger charge is -2.36. The summed E-state index contributed by atoms with van der Waals surface area (Å²) in [4.78, 5) is 28.6. The highest BCUT2D eigenvalue weighted by atomic mass is 16.5. The number of rotatable bonds is 5. The van der Waals surface area contributed by atoms with Crippen LogP contribution in [0.2, 0.25) is 0 Å². The van der Waals surface area contributed by atoms with E-state index in [-0.39, 0.29) is 12.0 Å². The number of aryl methyl sites for hydroxylation is 1. The summed E-state index contributed by atoms with van der Waals surface area (Å²) in [6.07, 6.45) is 0. The van der Waals surface area contributed by atoms with E-state index in [0.717, 1.165) is 11.3 Å². The Morgan fingerprint density at radius 3 is 2.50 bits per heavy atom. The van der Waals surface area contributed by atoms with Crippen LogP contribution in [0.5, 0.6) is 0 Å². The predicted molar refractivity (Wildman–Crippen MR) is 110 cm³/mol. The Kier molecular flexibility index (Phi) is 6.53. The maximum atomic E-state index is 12.5. The number of nitrogens with zero attached hydrogens (tertiary/aromatic N) is 2. The monoisotopic (exact) mass is 381 g/mol. The third kappa shape index (κ3) is 4.82. The van der Waals surface area contributed by atoms with E-state index in [4.69, 9.17) is 4.74 Å². The van der Waals surface area contributed by atoms with Gasteiger partial charge in [0.05, 0.1) is 17.9 Å². The van der Waals surface area contributed by atoms with Crippen molar-refractivity contribution in [2.45, 2.75) is 20.4 Å². The molecule has 6 nitrogen and oxygen atoms in total. The summed E-state index contributed by atoms with van der Waals surface area (Å²) in [7, 11) is 0. The fourth-order valence-corrected chi connectivity index (χ4v) is 3.39. The number of amides is 2. The highest BCUT2D eigenvalue weighted by Crippen LogP contribution is 2.22. The summed E-state index contributed by atoms with van der Waals surface area (Å²) in [5.74, 6) is -0.309. The fourth-order valence-electron chi connectivity index (χ4n) is 3.39. The van der Waals surface area contributed by atoms with Gasteiger partial charge in [-0.15, -0.1) is 0 Å². The molecule has 1 fully saturated rings. The van der Waals surface area contributed by atoms with E-state index in [1.165, 1.54) is 5.56 Å². The minimum Gasteiger partial charge on any atom is -0.462 e. The number of benzene rings is 2. The van der Waals surface area contributed by atoms with Crippen LogP contribution in [0.1, 0.15) is 28.4 Å². The molecule has 6 heteroatoms. The molecule has 0 aromatic heterocycles. The van der Waals surface area contributed by atoms with Gasteiger partial charge in [-0.05, 0) is 31.5 Å². The lowest BCUT2D eigenvalue weighted by atomic mass is 10.1. The van der Waals surface area contributed by atoms with Crippen molar-refractivity contribution in [2.24, 2.45) is 0 Å². The molecule has 0 unspecified atom stereocenters. The first-order valence-electron chi connectivity index (χ1n) is 9.68. The van der Waals surface area contributed by atoms with Gasteiger partial charge in [-0.1, -0.05) is 42.0 Å². The second-order valence-electron chi connectivity index (χ2n) is 6.86. The van der Waals surface area contributed by atoms with Crippen LogP contribution < -0.4 is 10.2 Å². The zero-order valence-electron chi connectivity index (χ0n) is 16.5. The molecule has 1 N–H and O–H groups in total. The van der Waals surface area contributed by atoms with Gasteiger partial charge in [-0.3, -0.25) is 0 Å². The number of hydrogen-bond acceptors (Lipinski definition) is 4. The molecule has 1 aliphatic rings. The van der Waals surface area contributed by atoms with E-state index < -0.39 is 0 Å². The van der Waals surface area contributed by atoms with Gasteiger partial charge < -0.3 is 19.9 Å². The van der Waals surface area contributed by atoms with Crippen LogP contribution in [-0.4, -0.2) is 49.7 Å². The molecule has 1 aliphatic heterocycles. The Balaban J connectivity index is 1.56. The molecule has 3 rings (SSSR count). The quantitative estimate of drug-likeness (QED) is 0.808. The van der Waals surface area contributed by atoms with Crippen LogP contribution in [0.25, 0.3) is 0 Å². The van der Waals surface area contributed by atoms with Gasteiger partial charge in [0.2, 0.25) is 0 Å². The van der Waals surface area contributed by atoms with Crippen molar-refractivity contribution in [3.8, 4) is 0 Å². The maximum Gasteiger partial charge on any atom is 0.340 e. The Bertz CT molecular complexity index is 829. The number of urea groups is 1. The molecule has 1 saturated heterocycles. The Morgan fingerprint density at radius 2 is 1.79 bits per heavy atom. The van der Waals surface area contributed by atoms with Gasteiger partial charge >= 0.3 is 12.0 Å². The van der Waals surface area contributed by atoms with Crippen molar-refractivity contribution in [1.29, 1.82) is 0 Å². The van der Waals surface area contributed by atoms with Crippen molar-refractivity contribution in [3.05, 3.63) is 65.2 Å². The highest BCUT2D eigenvalue weighted by Gasteiger charge is 2.24. The molecule has 2 aromatic carbocycles. The second kappa shape index (κ2) is 9.26. The highest BCUT2D eigenvalue weighted by molar-refractivity contribution is 5.96. The summed E-state index contributed by atoms with van der Waals surface area (Å²) in [5, 5.41) is 2.99. The number of hydrogen-bond donors (Lipinski definition) is 1. The number of carbonyl (C=O) groups is 2. The first-order valence-corrected chi connectivity index (χ1v) is 9.68. The normalized spacial score (nSPS) is 13.9. The molecule has 2 aromatic rings. The molecule has 0 atom stereocenters. The van der Waals surface area contributed by atoms with Crippen LogP contribution in [0, 0.1) is 6.92 Å². The van der Waals surface area contributed by atoms with Crippen molar-refractivity contribution in [1.82, 2.24) is 10.2 Å². The van der Waals surface area contributed by atoms with Crippen molar-refractivity contribution in [3.63, 3.8) is 0 Å². The Morgan fingerprint density at radius 1 is 1.04 bits per heavy atom. The van der Waals surface area contributed by atoms with Crippen LogP contribution in [-0.2, 0) is 11.3 Å². The van der Waals surface area contributed by atoms with E-state index in [1.807, 2.05) is 48.2 Å². The predicted octanol–water partition coefficient (Wildman–Crippen LogP) is 3.20. The van der Waals surface area contributed by atoms with Crippen molar-refractivity contribution < 1.29 is 14.3 Å². The number of piperazine rings is 1. The molecule has 148 valence electrons. The van der Waals surface area contributed by atoms with Crippen LogP contribution in [0.3, 0.4) is 0 Å². The Labute approximate surface area is 166 Å². The van der Waals surface area contributed by atoms with Gasteiger partial charge in [0.25, 0.3) is 0 Å². The van der Waals surface area contributed by atoms with Crippen LogP contribution in [0.15, 0.2) is 48.5 Å². The molecular formula is C22H27N3O3. The molecule has 0 bridgehead atoms. The summed E-state index contributed by atoms with van der Waals surface area (Å²) in [5.41, 5.74) is 3.71. The topological polar surface area (TPSA) is 61.9 Å². The lowest BCUT2D eigenvalue weighted by Crippen LogP contribution is -2.52.